The molecule has 1 fully saturated rings. The van der Waals surface area contributed by atoms with Gasteiger partial charge in [-0.3, -0.25) is 4.99 Å². The van der Waals surface area contributed by atoms with Crippen LogP contribution in [0.25, 0.3) is 5.57 Å². The molecule has 0 radical (unpaired) electrons. The summed E-state index contributed by atoms with van der Waals surface area (Å²) in [6.07, 6.45) is 5.25. The van der Waals surface area contributed by atoms with Crippen molar-refractivity contribution >= 4 is 17.0 Å². The van der Waals surface area contributed by atoms with E-state index >= 15 is 0 Å². The van der Waals surface area contributed by atoms with Crippen LogP contribution in [0.3, 0.4) is 0 Å². The molecule has 0 saturated carbocycles. The molecule has 1 saturated heterocycles. The fourth-order valence-corrected chi connectivity index (χ4v) is 4.22. The van der Waals surface area contributed by atoms with Crippen molar-refractivity contribution in [2.75, 3.05) is 13.1 Å². The summed E-state index contributed by atoms with van der Waals surface area (Å²) in [6.45, 7) is 34.1. The van der Waals surface area contributed by atoms with E-state index in [1.807, 2.05) is 60.7 Å². The summed E-state index contributed by atoms with van der Waals surface area (Å²) in [6, 6.07) is 15.2. The SMILES string of the molecule is C=C(C)O/N=C(\C)c1ccc(/C(=C/C(=C/N=C(C)C)C(=C)C)C(=C)C)c(C)c1.CC.Cc1ccc(C2CCNC2)cc1. The molecule has 2 aromatic rings. The Labute approximate surface area is 256 Å². The number of aryl methyl sites for hydroxylation is 2. The fourth-order valence-electron chi connectivity index (χ4n) is 4.22. The molecule has 1 aliphatic rings. The maximum absolute atomic E-state index is 5.18. The zero-order valence-electron chi connectivity index (χ0n) is 27.8. The van der Waals surface area contributed by atoms with Crippen molar-refractivity contribution in [2.24, 2.45) is 10.1 Å². The van der Waals surface area contributed by atoms with Crippen molar-refractivity contribution in [3.05, 3.63) is 125 Å². The molecule has 1 atom stereocenters. The lowest BCUT2D eigenvalue weighted by atomic mass is 9.91. The molecule has 0 spiro atoms. The zero-order chi connectivity index (χ0) is 31.8. The Bertz CT molecular complexity index is 1330. The van der Waals surface area contributed by atoms with E-state index in [1.165, 1.54) is 24.1 Å². The Morgan fingerprint density at radius 1 is 0.905 bits per heavy atom. The van der Waals surface area contributed by atoms with Crippen molar-refractivity contribution in [2.45, 2.75) is 81.6 Å². The van der Waals surface area contributed by atoms with Crippen LogP contribution in [-0.4, -0.2) is 24.5 Å². The third-order valence-corrected chi connectivity index (χ3v) is 6.60. The molecule has 1 aliphatic heterocycles. The van der Waals surface area contributed by atoms with Gasteiger partial charge < -0.3 is 10.2 Å². The molecule has 3 rings (SSSR count). The van der Waals surface area contributed by atoms with Gasteiger partial charge >= 0.3 is 0 Å². The first-order valence-electron chi connectivity index (χ1n) is 14.9. The Balaban J connectivity index is 0.000000516. The highest BCUT2D eigenvalue weighted by Crippen LogP contribution is 2.29. The van der Waals surface area contributed by atoms with Crippen molar-refractivity contribution in [3.63, 3.8) is 0 Å². The predicted octanol–water partition coefficient (Wildman–Crippen LogP) is 10.3. The maximum atomic E-state index is 5.18. The van der Waals surface area contributed by atoms with Gasteiger partial charge in [-0.1, -0.05) is 86.3 Å². The number of benzene rings is 2. The molecular weight excluding hydrogens is 514 g/mol. The molecule has 4 heteroatoms. The predicted molar refractivity (Wildman–Crippen MR) is 187 cm³/mol. The van der Waals surface area contributed by atoms with Gasteiger partial charge in [-0.2, -0.15) is 0 Å². The van der Waals surface area contributed by atoms with E-state index in [-0.39, 0.29) is 0 Å². The molecular formula is C38H53N3O. The lowest BCUT2D eigenvalue weighted by Gasteiger charge is -2.14. The standard InChI is InChI=1S/C25H32N2O.C11H15N.C2H6/c1-16(2)23(15-26-18(5)6)14-25(17(3)4)24-12-11-22(13-20(24)9)21(10)27-28-19(7)8;1-9-2-4-10(5-3-9)11-6-7-12-8-11;1-2/h11-15H,1,3,7H2,2,4-6,8-10H3;2-5,11-12H,6-8H2,1H3;1-2H3/b23-15-,25-14+,27-21+;;. The highest BCUT2D eigenvalue weighted by atomic mass is 16.6. The third-order valence-electron chi connectivity index (χ3n) is 6.60. The molecule has 1 unspecified atom stereocenters. The van der Waals surface area contributed by atoms with E-state index in [4.69, 9.17) is 4.84 Å². The topological polar surface area (TPSA) is 46.0 Å². The summed E-state index contributed by atoms with van der Waals surface area (Å²) >= 11 is 0. The number of aliphatic imine (C=N–C) groups is 1. The first-order valence-corrected chi connectivity index (χ1v) is 14.9. The van der Waals surface area contributed by atoms with E-state index in [9.17, 15) is 0 Å². The van der Waals surface area contributed by atoms with Gasteiger partial charge in [0.25, 0.3) is 0 Å². The molecule has 0 bridgehead atoms. The molecule has 0 amide bonds. The number of nitrogens with zero attached hydrogens (tertiary/aromatic N) is 2. The van der Waals surface area contributed by atoms with Crippen LogP contribution in [-0.2, 0) is 4.84 Å². The minimum absolute atomic E-state index is 0.560. The van der Waals surface area contributed by atoms with Crippen LogP contribution < -0.4 is 5.32 Å². The van der Waals surface area contributed by atoms with Crippen molar-refractivity contribution in [1.29, 1.82) is 0 Å². The number of allylic oxidation sites excluding steroid dienone is 6. The van der Waals surface area contributed by atoms with Gasteiger partial charge in [0.1, 0.15) is 5.76 Å². The second kappa shape index (κ2) is 18.6. The van der Waals surface area contributed by atoms with Crippen LogP contribution in [0, 0.1) is 13.8 Å². The van der Waals surface area contributed by atoms with Crippen LogP contribution in [0.5, 0.6) is 0 Å². The quantitative estimate of drug-likeness (QED) is 0.142. The molecule has 2 aromatic carbocycles. The van der Waals surface area contributed by atoms with E-state index in [0.29, 0.717) is 5.76 Å². The number of rotatable bonds is 9. The number of nitrogens with one attached hydrogen (secondary N) is 1. The summed E-state index contributed by atoms with van der Waals surface area (Å²) in [5.41, 5.74) is 11.9. The van der Waals surface area contributed by atoms with E-state index in [1.54, 1.807) is 6.92 Å². The van der Waals surface area contributed by atoms with E-state index in [0.717, 1.165) is 62.9 Å². The van der Waals surface area contributed by atoms with Crippen LogP contribution >= 0.6 is 0 Å². The Kier molecular flexibility index (Phi) is 16.1. The molecule has 1 heterocycles. The highest BCUT2D eigenvalue weighted by molar-refractivity contribution is 5.99. The Hall–Kier alpha value is -3.76. The highest BCUT2D eigenvalue weighted by Gasteiger charge is 2.15. The van der Waals surface area contributed by atoms with Crippen LogP contribution in [0.1, 0.15) is 95.5 Å². The van der Waals surface area contributed by atoms with Crippen LogP contribution in [0.2, 0.25) is 0 Å². The normalized spacial score (nSPS) is 15.0. The van der Waals surface area contributed by atoms with Crippen molar-refractivity contribution in [3.8, 4) is 0 Å². The summed E-state index contributed by atoms with van der Waals surface area (Å²) in [4.78, 5) is 9.61. The summed E-state index contributed by atoms with van der Waals surface area (Å²) in [7, 11) is 0. The lowest BCUT2D eigenvalue weighted by Crippen LogP contribution is -2.07. The zero-order valence-corrected chi connectivity index (χ0v) is 27.8. The molecule has 42 heavy (non-hydrogen) atoms. The van der Waals surface area contributed by atoms with Gasteiger partial charge in [0, 0.05) is 18.5 Å². The number of hydrogen-bond donors (Lipinski definition) is 1. The first-order chi connectivity index (χ1) is 19.9. The minimum atomic E-state index is 0.560. The summed E-state index contributed by atoms with van der Waals surface area (Å²) in [5, 5.41) is 7.49. The van der Waals surface area contributed by atoms with Crippen molar-refractivity contribution in [1.82, 2.24) is 5.32 Å². The summed E-state index contributed by atoms with van der Waals surface area (Å²) in [5.74, 6) is 1.31. The largest absolute Gasteiger partial charge is 0.362 e. The second-order valence-electron chi connectivity index (χ2n) is 10.9. The third kappa shape index (κ3) is 12.4. The Morgan fingerprint density at radius 2 is 1.55 bits per heavy atom. The summed E-state index contributed by atoms with van der Waals surface area (Å²) < 4.78 is 0. The van der Waals surface area contributed by atoms with Gasteiger partial charge in [-0.15, -0.1) is 0 Å². The lowest BCUT2D eigenvalue weighted by molar-refractivity contribution is 0.231. The van der Waals surface area contributed by atoms with Crippen LogP contribution in [0.4, 0.5) is 0 Å². The maximum Gasteiger partial charge on any atom is 0.124 e. The molecule has 1 N–H and O–H groups in total. The van der Waals surface area contributed by atoms with Gasteiger partial charge in [-0.25, -0.2) is 0 Å². The number of hydrogen-bond acceptors (Lipinski definition) is 4. The van der Waals surface area contributed by atoms with Gasteiger partial charge in [0.15, 0.2) is 0 Å². The minimum Gasteiger partial charge on any atom is -0.362 e. The van der Waals surface area contributed by atoms with E-state index in [2.05, 4.69) is 91.5 Å². The fraction of sp³-hybridized carbons (Fsp3) is 0.368. The average molecular weight is 568 g/mol. The van der Waals surface area contributed by atoms with Gasteiger partial charge in [-0.05, 0) is 125 Å². The van der Waals surface area contributed by atoms with Gasteiger partial charge in [0.05, 0.1) is 5.71 Å². The molecule has 4 nitrogen and oxygen atoms in total. The average Bonchev–Trinajstić information content (AvgIpc) is 3.48. The smallest absolute Gasteiger partial charge is 0.124 e. The monoisotopic (exact) mass is 567 g/mol. The molecule has 226 valence electrons. The molecule has 0 aromatic heterocycles. The van der Waals surface area contributed by atoms with Crippen molar-refractivity contribution < 1.29 is 4.84 Å². The Morgan fingerprint density at radius 3 is 2.02 bits per heavy atom. The second-order valence-corrected chi connectivity index (χ2v) is 10.9. The number of oxime groups is 1. The van der Waals surface area contributed by atoms with Crippen LogP contribution in [0.15, 0.2) is 107 Å². The first kappa shape index (κ1) is 36.3. The van der Waals surface area contributed by atoms with Gasteiger partial charge in [0.2, 0.25) is 0 Å². The molecule has 0 aliphatic carbocycles. The van der Waals surface area contributed by atoms with E-state index < -0.39 is 0 Å².